The van der Waals surface area contributed by atoms with E-state index in [-0.39, 0.29) is 11.9 Å². The number of hydrogen-bond acceptors (Lipinski definition) is 6. The highest BCUT2D eigenvalue weighted by Crippen LogP contribution is 2.29. The van der Waals surface area contributed by atoms with Gasteiger partial charge in [0.1, 0.15) is 6.04 Å². The van der Waals surface area contributed by atoms with Gasteiger partial charge in [-0.15, -0.1) is 21.5 Å². The number of morpholine rings is 1. The molecule has 0 spiro atoms. The molecule has 2 aromatic rings. The topological polar surface area (TPSA) is 68.5 Å². The van der Waals surface area contributed by atoms with Crippen LogP contribution in [0, 0.1) is 13.8 Å². The molecule has 3 rings (SSSR count). The third-order valence-electron chi connectivity index (χ3n) is 3.97. The first-order valence-corrected chi connectivity index (χ1v) is 8.69. The maximum Gasteiger partial charge on any atom is 0.264 e. The molecule has 0 aliphatic carbocycles. The highest BCUT2D eigenvalue weighted by Gasteiger charge is 2.33. The van der Waals surface area contributed by atoms with Crippen LogP contribution in [0.25, 0.3) is 0 Å². The average Bonchev–Trinajstić information content (AvgIpc) is 3.14. The molecule has 23 heavy (non-hydrogen) atoms. The van der Waals surface area contributed by atoms with E-state index in [1.165, 1.54) is 10.4 Å². The van der Waals surface area contributed by atoms with E-state index in [0.717, 1.165) is 17.7 Å². The molecule has 0 bridgehead atoms. The Morgan fingerprint density at radius 3 is 2.96 bits per heavy atom. The predicted octanol–water partition coefficient (Wildman–Crippen LogP) is 2.91. The Kier molecular flexibility index (Phi) is 4.77. The second-order valence-corrected chi connectivity index (χ2v) is 6.95. The van der Waals surface area contributed by atoms with Gasteiger partial charge in [0.25, 0.3) is 5.91 Å². The zero-order valence-electron chi connectivity index (χ0n) is 13.7. The molecule has 6 nitrogen and oxygen atoms in total. The summed E-state index contributed by atoms with van der Waals surface area (Å²) in [6, 6.07) is 1.71. The van der Waals surface area contributed by atoms with Crippen LogP contribution in [0.2, 0.25) is 0 Å². The number of amides is 1. The Balaban J connectivity index is 1.85. The Labute approximate surface area is 139 Å². The number of nitrogens with zero attached hydrogens (tertiary/aromatic N) is 3. The summed E-state index contributed by atoms with van der Waals surface area (Å²) in [4.78, 5) is 16.7. The fourth-order valence-electron chi connectivity index (χ4n) is 2.78. The highest BCUT2D eigenvalue weighted by atomic mass is 32.1. The van der Waals surface area contributed by atoms with Crippen LogP contribution in [0.5, 0.6) is 0 Å². The second-order valence-electron chi connectivity index (χ2n) is 5.69. The predicted molar refractivity (Wildman–Crippen MR) is 86.7 cm³/mol. The zero-order chi connectivity index (χ0) is 16.4. The molecular weight excluding hydrogens is 314 g/mol. The van der Waals surface area contributed by atoms with Gasteiger partial charge in [-0.05, 0) is 25.0 Å². The van der Waals surface area contributed by atoms with Crippen molar-refractivity contribution in [2.24, 2.45) is 0 Å². The number of thiophene rings is 1. The van der Waals surface area contributed by atoms with Gasteiger partial charge in [0.05, 0.1) is 18.1 Å². The first-order chi connectivity index (χ1) is 11.1. The number of carbonyl (C=O) groups excluding carboxylic acids is 1. The molecular formula is C16H21N3O3S. The van der Waals surface area contributed by atoms with E-state index in [1.54, 1.807) is 23.2 Å². The molecule has 7 heteroatoms. The van der Waals surface area contributed by atoms with Crippen LogP contribution in [0.3, 0.4) is 0 Å². The minimum atomic E-state index is -0.311. The van der Waals surface area contributed by atoms with E-state index in [2.05, 4.69) is 24.0 Å². The lowest BCUT2D eigenvalue weighted by molar-refractivity contribution is -0.0104. The molecule has 0 aromatic carbocycles. The van der Waals surface area contributed by atoms with Gasteiger partial charge < -0.3 is 14.1 Å². The number of aryl methyl sites for hydroxylation is 3. The quantitative estimate of drug-likeness (QED) is 0.859. The summed E-state index contributed by atoms with van der Waals surface area (Å²) < 4.78 is 11.0. The molecule has 1 aliphatic rings. The van der Waals surface area contributed by atoms with Gasteiger partial charge in [-0.1, -0.05) is 13.3 Å². The summed E-state index contributed by atoms with van der Waals surface area (Å²) in [7, 11) is 0. The molecule has 1 fully saturated rings. The summed E-state index contributed by atoms with van der Waals surface area (Å²) in [5.41, 5.74) is 1.26. The number of aromatic nitrogens is 2. The summed E-state index contributed by atoms with van der Waals surface area (Å²) in [5, 5.41) is 7.92. The smallest absolute Gasteiger partial charge is 0.264 e. The zero-order valence-corrected chi connectivity index (χ0v) is 14.5. The van der Waals surface area contributed by atoms with Crippen molar-refractivity contribution in [3.63, 3.8) is 0 Å². The van der Waals surface area contributed by atoms with Crippen molar-refractivity contribution in [3.8, 4) is 0 Å². The summed E-state index contributed by atoms with van der Waals surface area (Å²) in [6.07, 6.45) is 2.08. The molecule has 1 saturated heterocycles. The molecule has 3 heterocycles. The minimum Gasteiger partial charge on any atom is -0.423 e. The van der Waals surface area contributed by atoms with Crippen molar-refractivity contribution in [2.45, 2.75) is 39.7 Å². The second kappa shape index (κ2) is 6.80. The Hall–Kier alpha value is -1.73. The summed E-state index contributed by atoms with van der Waals surface area (Å²) >= 11 is 1.56. The van der Waals surface area contributed by atoms with E-state index in [0.29, 0.717) is 31.5 Å². The lowest BCUT2D eigenvalue weighted by Crippen LogP contribution is -2.43. The SMILES string of the molecule is CCCc1cc(C(=O)N2CCOC[C@H]2c2nnc(C)o2)sc1C. The van der Waals surface area contributed by atoms with Gasteiger partial charge >= 0.3 is 0 Å². The van der Waals surface area contributed by atoms with E-state index in [9.17, 15) is 4.79 Å². The van der Waals surface area contributed by atoms with Crippen molar-refractivity contribution < 1.29 is 13.9 Å². The van der Waals surface area contributed by atoms with Crippen LogP contribution in [0.1, 0.15) is 51.3 Å². The van der Waals surface area contributed by atoms with E-state index >= 15 is 0 Å². The van der Waals surface area contributed by atoms with Gasteiger partial charge in [0.15, 0.2) is 0 Å². The summed E-state index contributed by atoms with van der Waals surface area (Å²) in [5.74, 6) is 0.956. The van der Waals surface area contributed by atoms with Gasteiger partial charge in [0, 0.05) is 18.3 Å². The van der Waals surface area contributed by atoms with Crippen molar-refractivity contribution in [1.29, 1.82) is 0 Å². The maximum absolute atomic E-state index is 13.0. The molecule has 0 saturated carbocycles. The molecule has 0 radical (unpaired) electrons. The lowest BCUT2D eigenvalue weighted by atomic mass is 10.1. The molecule has 2 aromatic heterocycles. The Morgan fingerprint density at radius 2 is 2.26 bits per heavy atom. The molecule has 124 valence electrons. The number of rotatable bonds is 4. The third kappa shape index (κ3) is 3.30. The van der Waals surface area contributed by atoms with Gasteiger partial charge in [-0.3, -0.25) is 4.79 Å². The van der Waals surface area contributed by atoms with Crippen LogP contribution >= 0.6 is 11.3 Å². The minimum absolute atomic E-state index is 0.0182. The first-order valence-electron chi connectivity index (χ1n) is 7.88. The average molecular weight is 335 g/mol. The van der Waals surface area contributed by atoms with Crippen LogP contribution in [-0.4, -0.2) is 40.8 Å². The molecule has 1 aliphatic heterocycles. The standard InChI is InChI=1S/C16H21N3O3S/c1-4-5-12-8-14(23-10(12)2)16(20)19-6-7-21-9-13(19)15-18-17-11(3)22-15/h8,13H,4-7,9H2,1-3H3/t13-/m0/s1. The monoisotopic (exact) mass is 335 g/mol. The van der Waals surface area contributed by atoms with Crippen molar-refractivity contribution in [3.05, 3.63) is 33.2 Å². The van der Waals surface area contributed by atoms with Crippen LogP contribution < -0.4 is 0 Å². The molecule has 0 unspecified atom stereocenters. The summed E-state index contributed by atoms with van der Waals surface area (Å²) in [6.45, 7) is 7.41. The maximum atomic E-state index is 13.0. The fraction of sp³-hybridized carbons (Fsp3) is 0.562. The number of carbonyl (C=O) groups is 1. The first kappa shape index (κ1) is 16.1. The number of hydrogen-bond donors (Lipinski definition) is 0. The van der Waals surface area contributed by atoms with Crippen LogP contribution in [0.15, 0.2) is 10.5 Å². The van der Waals surface area contributed by atoms with Crippen LogP contribution in [-0.2, 0) is 11.2 Å². The van der Waals surface area contributed by atoms with Gasteiger partial charge in [-0.2, -0.15) is 0 Å². The largest absolute Gasteiger partial charge is 0.423 e. The van der Waals surface area contributed by atoms with E-state index in [4.69, 9.17) is 9.15 Å². The van der Waals surface area contributed by atoms with Crippen LogP contribution in [0.4, 0.5) is 0 Å². The molecule has 0 N–H and O–H groups in total. The normalized spacial score (nSPS) is 18.4. The van der Waals surface area contributed by atoms with Crippen molar-refractivity contribution in [1.82, 2.24) is 15.1 Å². The Bertz CT molecular complexity index is 695. The van der Waals surface area contributed by atoms with Crippen molar-refractivity contribution in [2.75, 3.05) is 19.8 Å². The third-order valence-corrected chi connectivity index (χ3v) is 5.05. The van der Waals surface area contributed by atoms with E-state index < -0.39 is 0 Å². The van der Waals surface area contributed by atoms with Gasteiger partial charge in [0.2, 0.25) is 11.8 Å². The van der Waals surface area contributed by atoms with E-state index in [1.807, 2.05) is 6.07 Å². The fourth-order valence-corrected chi connectivity index (χ4v) is 3.81. The molecule has 1 amide bonds. The lowest BCUT2D eigenvalue weighted by Gasteiger charge is -2.33. The number of ether oxygens (including phenoxy) is 1. The Morgan fingerprint density at radius 1 is 1.43 bits per heavy atom. The highest BCUT2D eigenvalue weighted by molar-refractivity contribution is 7.14. The van der Waals surface area contributed by atoms with Gasteiger partial charge in [-0.25, -0.2) is 0 Å². The van der Waals surface area contributed by atoms with Crippen molar-refractivity contribution >= 4 is 17.2 Å². The molecule has 1 atom stereocenters.